The Bertz CT molecular complexity index is 756. The molecule has 1 unspecified atom stereocenters. The number of benzene rings is 1. The van der Waals surface area contributed by atoms with Crippen LogP contribution in [0.5, 0.6) is 0 Å². The number of hydrogen-bond donors (Lipinski definition) is 1. The molecule has 126 valence electrons. The fourth-order valence-electron chi connectivity index (χ4n) is 3.00. The molecule has 7 nitrogen and oxygen atoms in total. The van der Waals surface area contributed by atoms with Crippen molar-refractivity contribution in [1.29, 1.82) is 0 Å². The molecule has 3 rings (SSSR count). The van der Waals surface area contributed by atoms with E-state index < -0.39 is 11.9 Å². The number of carbonyl (C=O) groups is 2. The molecule has 2 aromatic rings. The number of fused-ring (bicyclic) bond motifs is 1. The highest BCUT2D eigenvalue weighted by Crippen LogP contribution is 2.29. The molecule has 7 heteroatoms. The third-order valence-corrected chi connectivity index (χ3v) is 4.20. The zero-order chi connectivity index (χ0) is 17.1. The van der Waals surface area contributed by atoms with Crippen LogP contribution in [0.3, 0.4) is 0 Å². The van der Waals surface area contributed by atoms with Gasteiger partial charge >= 0.3 is 5.97 Å². The lowest BCUT2D eigenvalue weighted by Crippen LogP contribution is -2.40. The highest BCUT2D eigenvalue weighted by atomic mass is 16.5. The number of nitrogens with zero attached hydrogens (tertiary/aromatic N) is 3. The number of carboxylic acid groups (broad SMARTS) is 1. The molecule has 0 fully saturated rings. The lowest BCUT2D eigenvalue weighted by Gasteiger charge is -2.32. The maximum atomic E-state index is 12.4. The smallest absolute Gasteiger partial charge is 0.312 e. The Morgan fingerprint density at radius 3 is 2.88 bits per heavy atom. The van der Waals surface area contributed by atoms with Gasteiger partial charge in [0.25, 0.3) is 0 Å². The number of rotatable bonds is 5. The fourth-order valence-corrected chi connectivity index (χ4v) is 3.00. The molecule has 0 bridgehead atoms. The Labute approximate surface area is 139 Å². The van der Waals surface area contributed by atoms with E-state index in [9.17, 15) is 14.7 Å². The van der Waals surface area contributed by atoms with Crippen LogP contribution in [0, 0.1) is 6.92 Å². The first kappa shape index (κ1) is 16.2. The first-order valence-corrected chi connectivity index (χ1v) is 7.92. The summed E-state index contributed by atoms with van der Waals surface area (Å²) in [5.41, 5.74) is 1.70. The zero-order valence-electron chi connectivity index (χ0n) is 13.4. The topological polar surface area (TPSA) is 96.5 Å². The van der Waals surface area contributed by atoms with Crippen molar-refractivity contribution in [1.82, 2.24) is 15.0 Å². The van der Waals surface area contributed by atoms with E-state index in [-0.39, 0.29) is 12.5 Å². The van der Waals surface area contributed by atoms with E-state index in [2.05, 4.69) is 10.1 Å². The fraction of sp³-hybridized carbons (Fsp3) is 0.412. The quantitative estimate of drug-likeness (QED) is 0.900. The molecule has 1 N–H and O–H groups in total. The molecule has 24 heavy (non-hydrogen) atoms. The third-order valence-electron chi connectivity index (χ3n) is 4.20. The van der Waals surface area contributed by atoms with Crippen molar-refractivity contribution >= 4 is 11.9 Å². The number of aliphatic carboxylic acids is 1. The average molecular weight is 329 g/mol. The lowest BCUT2D eigenvalue weighted by molar-refractivity contribution is -0.141. The maximum Gasteiger partial charge on any atom is 0.312 e. The number of amides is 1. The Kier molecular flexibility index (Phi) is 4.59. The predicted octanol–water partition coefficient (Wildman–Crippen LogP) is 1.91. The van der Waals surface area contributed by atoms with Crippen LogP contribution in [0.4, 0.5) is 0 Å². The minimum Gasteiger partial charge on any atom is -0.481 e. The summed E-state index contributed by atoms with van der Waals surface area (Å²) in [5.74, 6) is -0.522. The van der Waals surface area contributed by atoms with Crippen molar-refractivity contribution in [3.05, 3.63) is 47.1 Å². The van der Waals surface area contributed by atoms with Gasteiger partial charge < -0.3 is 14.5 Å². The van der Waals surface area contributed by atoms with Gasteiger partial charge in [0.15, 0.2) is 5.82 Å². The van der Waals surface area contributed by atoms with Crippen LogP contribution in [0.2, 0.25) is 0 Å². The van der Waals surface area contributed by atoms with E-state index in [0.29, 0.717) is 37.5 Å². The van der Waals surface area contributed by atoms with Gasteiger partial charge in [-0.3, -0.25) is 9.59 Å². The van der Waals surface area contributed by atoms with Crippen molar-refractivity contribution in [2.45, 2.75) is 38.6 Å². The van der Waals surface area contributed by atoms with Crippen molar-refractivity contribution in [3.63, 3.8) is 0 Å². The van der Waals surface area contributed by atoms with Crippen LogP contribution >= 0.6 is 0 Å². The molecule has 1 amide bonds. The van der Waals surface area contributed by atoms with Crippen LogP contribution < -0.4 is 0 Å². The van der Waals surface area contributed by atoms with Crippen molar-refractivity contribution in [3.8, 4) is 0 Å². The minimum absolute atomic E-state index is 0.0491. The minimum atomic E-state index is -0.902. The molecule has 2 heterocycles. The van der Waals surface area contributed by atoms with Crippen molar-refractivity contribution in [2.24, 2.45) is 0 Å². The largest absolute Gasteiger partial charge is 0.481 e. The summed E-state index contributed by atoms with van der Waals surface area (Å²) in [6.07, 6.45) is 1.46. The van der Waals surface area contributed by atoms with Gasteiger partial charge in [0.05, 0.1) is 5.92 Å². The van der Waals surface area contributed by atoms with Gasteiger partial charge in [-0.05, 0) is 24.5 Å². The summed E-state index contributed by atoms with van der Waals surface area (Å²) < 4.78 is 5.02. The van der Waals surface area contributed by atoms with Crippen LogP contribution in [-0.2, 0) is 22.6 Å². The molecule has 1 aliphatic heterocycles. The van der Waals surface area contributed by atoms with Crippen molar-refractivity contribution in [2.75, 3.05) is 6.54 Å². The standard InChI is InChI=1S/C17H19N3O4/c1-11-18-15(24-19-11)7-4-8-16(21)20-9-12-5-2-3-6-13(12)14(10-20)17(22)23/h2-3,5-6,14H,4,7-10H2,1H3,(H,22,23). The molecule has 0 aliphatic carbocycles. The summed E-state index contributed by atoms with van der Waals surface area (Å²) >= 11 is 0. The molecular formula is C17H19N3O4. The monoisotopic (exact) mass is 329 g/mol. The van der Waals surface area contributed by atoms with E-state index in [1.54, 1.807) is 11.8 Å². The Morgan fingerprint density at radius 2 is 2.17 bits per heavy atom. The third kappa shape index (κ3) is 3.45. The van der Waals surface area contributed by atoms with Gasteiger partial charge in [-0.25, -0.2) is 0 Å². The maximum absolute atomic E-state index is 12.4. The molecule has 0 spiro atoms. The van der Waals surface area contributed by atoms with E-state index >= 15 is 0 Å². The number of hydrogen-bond acceptors (Lipinski definition) is 5. The Balaban J connectivity index is 1.62. The first-order chi connectivity index (χ1) is 11.5. The lowest BCUT2D eigenvalue weighted by atomic mass is 9.89. The average Bonchev–Trinajstić information content (AvgIpc) is 2.98. The number of carboxylic acids is 1. The second kappa shape index (κ2) is 6.82. The summed E-state index contributed by atoms with van der Waals surface area (Å²) in [7, 11) is 0. The first-order valence-electron chi connectivity index (χ1n) is 7.92. The second-order valence-electron chi connectivity index (χ2n) is 5.95. The molecule has 0 radical (unpaired) electrons. The van der Waals surface area contributed by atoms with Crippen LogP contribution in [0.25, 0.3) is 0 Å². The molecule has 1 aromatic heterocycles. The zero-order valence-corrected chi connectivity index (χ0v) is 13.4. The Hall–Kier alpha value is -2.70. The number of carbonyl (C=O) groups excluding carboxylic acids is 1. The molecule has 1 aliphatic rings. The van der Waals surface area contributed by atoms with Crippen LogP contribution in [0.15, 0.2) is 28.8 Å². The van der Waals surface area contributed by atoms with Crippen LogP contribution in [0.1, 0.15) is 41.6 Å². The van der Waals surface area contributed by atoms with E-state index in [4.69, 9.17) is 4.52 Å². The highest BCUT2D eigenvalue weighted by molar-refractivity contribution is 5.81. The summed E-state index contributed by atoms with van der Waals surface area (Å²) in [4.78, 5) is 29.7. The van der Waals surface area contributed by atoms with Gasteiger partial charge in [-0.2, -0.15) is 4.98 Å². The van der Waals surface area contributed by atoms with E-state index in [0.717, 1.165) is 11.1 Å². The normalized spacial score (nSPS) is 16.7. The van der Waals surface area contributed by atoms with Crippen molar-refractivity contribution < 1.29 is 19.2 Å². The second-order valence-corrected chi connectivity index (χ2v) is 5.95. The number of aryl methyl sites for hydroxylation is 2. The highest BCUT2D eigenvalue weighted by Gasteiger charge is 2.32. The summed E-state index contributed by atoms with van der Waals surface area (Å²) in [6, 6.07) is 7.40. The Morgan fingerprint density at radius 1 is 1.38 bits per heavy atom. The predicted molar refractivity (Wildman–Crippen MR) is 84.2 cm³/mol. The molecule has 0 saturated carbocycles. The summed E-state index contributed by atoms with van der Waals surface area (Å²) in [6.45, 7) is 2.42. The SMILES string of the molecule is Cc1noc(CCCC(=O)N2Cc3ccccc3C(C(=O)O)C2)n1. The van der Waals surface area contributed by atoms with Crippen LogP contribution in [-0.4, -0.2) is 38.6 Å². The molecule has 1 aromatic carbocycles. The van der Waals surface area contributed by atoms with E-state index in [1.165, 1.54) is 0 Å². The molecule has 1 atom stereocenters. The van der Waals surface area contributed by atoms with Gasteiger partial charge in [0.1, 0.15) is 0 Å². The van der Waals surface area contributed by atoms with Gasteiger partial charge in [-0.15, -0.1) is 0 Å². The van der Waals surface area contributed by atoms with E-state index in [1.807, 2.05) is 24.3 Å². The molecule has 0 saturated heterocycles. The summed E-state index contributed by atoms with van der Waals surface area (Å²) in [5, 5.41) is 13.2. The number of aromatic nitrogens is 2. The van der Waals surface area contributed by atoms with Gasteiger partial charge in [-0.1, -0.05) is 29.4 Å². The van der Waals surface area contributed by atoms with Gasteiger partial charge in [0.2, 0.25) is 11.8 Å². The van der Waals surface area contributed by atoms with Gasteiger partial charge in [0, 0.05) is 25.9 Å². The molecular weight excluding hydrogens is 310 g/mol.